The molecule has 0 aliphatic carbocycles. The summed E-state index contributed by atoms with van der Waals surface area (Å²) >= 11 is 5.95. The highest BCUT2D eigenvalue weighted by atomic mass is 35.5. The van der Waals surface area contributed by atoms with Crippen LogP contribution in [-0.2, 0) is 4.79 Å². The van der Waals surface area contributed by atoms with Crippen LogP contribution in [0.5, 0.6) is 0 Å². The zero-order valence-electron chi connectivity index (χ0n) is 11.7. The molecule has 1 heterocycles. The molecule has 19 heavy (non-hydrogen) atoms. The Morgan fingerprint density at radius 3 is 2.79 bits per heavy atom. The third-order valence-electron chi connectivity index (χ3n) is 2.98. The molecule has 0 aliphatic rings. The first-order valence-electron chi connectivity index (χ1n) is 6.58. The zero-order valence-corrected chi connectivity index (χ0v) is 12.5. The first-order valence-corrected chi connectivity index (χ1v) is 6.96. The molecular formula is C14H22ClN3O. The van der Waals surface area contributed by atoms with Crippen molar-refractivity contribution < 1.29 is 4.79 Å². The average molecular weight is 284 g/mol. The maximum atomic E-state index is 12.0. The summed E-state index contributed by atoms with van der Waals surface area (Å²) in [6.45, 7) is 5.79. The Morgan fingerprint density at radius 2 is 2.16 bits per heavy atom. The molecule has 2 atom stereocenters. The van der Waals surface area contributed by atoms with E-state index in [1.54, 1.807) is 6.20 Å². The maximum absolute atomic E-state index is 12.0. The number of nitrogens with two attached hydrogens (primary N) is 1. The lowest BCUT2D eigenvalue weighted by molar-refractivity contribution is -0.119. The highest BCUT2D eigenvalue weighted by molar-refractivity contribution is 6.32. The Labute approximate surface area is 119 Å². The van der Waals surface area contributed by atoms with Crippen molar-refractivity contribution in [1.29, 1.82) is 0 Å². The van der Waals surface area contributed by atoms with E-state index in [9.17, 15) is 4.79 Å². The van der Waals surface area contributed by atoms with Crippen LogP contribution in [0.2, 0.25) is 5.15 Å². The van der Waals surface area contributed by atoms with E-state index < -0.39 is 0 Å². The highest BCUT2D eigenvalue weighted by Crippen LogP contribution is 2.21. The van der Waals surface area contributed by atoms with E-state index in [1.807, 2.05) is 26.8 Å². The van der Waals surface area contributed by atoms with Crippen LogP contribution in [-0.4, -0.2) is 16.9 Å². The zero-order chi connectivity index (χ0) is 14.4. The summed E-state index contributed by atoms with van der Waals surface area (Å²) in [5, 5.41) is 3.15. The predicted molar refractivity (Wildman–Crippen MR) is 79.3 cm³/mol. The minimum atomic E-state index is -0.0599. The summed E-state index contributed by atoms with van der Waals surface area (Å²) in [6, 6.07) is 2.01. The van der Waals surface area contributed by atoms with Crippen LogP contribution in [0.4, 0.5) is 5.69 Å². The predicted octanol–water partition coefficient (Wildman–Crippen LogP) is 3.14. The van der Waals surface area contributed by atoms with Gasteiger partial charge in [-0.3, -0.25) is 4.79 Å². The number of hydrogen-bond acceptors (Lipinski definition) is 3. The number of aromatic nitrogens is 1. The molecule has 1 aromatic heterocycles. The van der Waals surface area contributed by atoms with Gasteiger partial charge in [0.15, 0.2) is 5.15 Å². The lowest BCUT2D eigenvalue weighted by atomic mass is 10.0. The maximum Gasteiger partial charge on any atom is 0.227 e. The molecule has 0 saturated heterocycles. The molecule has 0 spiro atoms. The number of nitrogens with one attached hydrogen (secondary N) is 1. The van der Waals surface area contributed by atoms with E-state index >= 15 is 0 Å². The molecule has 3 N–H and O–H groups in total. The first kappa shape index (κ1) is 15.9. The van der Waals surface area contributed by atoms with Gasteiger partial charge in [0.2, 0.25) is 5.91 Å². The van der Waals surface area contributed by atoms with Crippen molar-refractivity contribution in [3.8, 4) is 0 Å². The fourth-order valence-electron chi connectivity index (χ4n) is 1.77. The third-order valence-corrected chi connectivity index (χ3v) is 3.28. The lowest BCUT2D eigenvalue weighted by Crippen LogP contribution is -2.22. The van der Waals surface area contributed by atoms with E-state index in [-0.39, 0.29) is 17.9 Å². The van der Waals surface area contributed by atoms with Crippen LogP contribution in [0.1, 0.15) is 38.7 Å². The highest BCUT2D eigenvalue weighted by Gasteiger charge is 2.14. The molecule has 1 amide bonds. The van der Waals surface area contributed by atoms with Crippen LogP contribution in [0.3, 0.4) is 0 Å². The van der Waals surface area contributed by atoms with E-state index in [2.05, 4.69) is 10.3 Å². The number of carbonyl (C=O) groups excluding carboxylic acids is 1. The van der Waals surface area contributed by atoms with Crippen molar-refractivity contribution in [3.63, 3.8) is 0 Å². The largest absolute Gasteiger partial charge is 0.328 e. The number of aryl methyl sites for hydroxylation is 1. The molecule has 4 nitrogen and oxygen atoms in total. The molecule has 2 unspecified atom stereocenters. The van der Waals surface area contributed by atoms with Gasteiger partial charge in [-0.15, -0.1) is 0 Å². The smallest absolute Gasteiger partial charge is 0.227 e. The topological polar surface area (TPSA) is 68.0 Å². The van der Waals surface area contributed by atoms with Crippen molar-refractivity contribution in [1.82, 2.24) is 4.98 Å². The lowest BCUT2D eigenvalue weighted by Gasteiger charge is -2.13. The van der Waals surface area contributed by atoms with Crippen LogP contribution in [0.15, 0.2) is 12.3 Å². The summed E-state index contributed by atoms with van der Waals surface area (Å²) in [4.78, 5) is 16.0. The fourth-order valence-corrected chi connectivity index (χ4v) is 1.92. The molecule has 106 valence electrons. The summed E-state index contributed by atoms with van der Waals surface area (Å²) in [6.07, 6.45) is 4.38. The van der Waals surface area contributed by atoms with Gasteiger partial charge in [-0.25, -0.2) is 4.98 Å². The van der Waals surface area contributed by atoms with Gasteiger partial charge in [0.25, 0.3) is 0 Å². The average Bonchev–Trinajstić information content (AvgIpc) is 2.33. The molecular weight excluding hydrogens is 262 g/mol. The van der Waals surface area contributed by atoms with Crippen LogP contribution in [0, 0.1) is 12.8 Å². The Bertz CT molecular complexity index is 435. The Kier molecular flexibility index (Phi) is 6.25. The van der Waals surface area contributed by atoms with Crippen LogP contribution in [0.25, 0.3) is 0 Å². The Morgan fingerprint density at radius 1 is 1.47 bits per heavy atom. The van der Waals surface area contributed by atoms with Gasteiger partial charge in [-0.05, 0) is 38.3 Å². The van der Waals surface area contributed by atoms with Crippen molar-refractivity contribution in [3.05, 3.63) is 23.0 Å². The van der Waals surface area contributed by atoms with E-state index in [0.717, 1.165) is 24.8 Å². The van der Waals surface area contributed by atoms with Crippen molar-refractivity contribution in [2.24, 2.45) is 11.7 Å². The molecule has 0 bridgehead atoms. The summed E-state index contributed by atoms with van der Waals surface area (Å²) in [5.74, 6) is -0.0886. The molecule has 0 saturated carbocycles. The Hall–Kier alpha value is -1.13. The molecule has 0 aromatic carbocycles. The standard InChI is InChI=1S/C14H22ClN3O/c1-9-7-12(13(15)17-8-9)18-14(19)10(2)5-4-6-11(3)16/h7-8,10-11H,4-6,16H2,1-3H3,(H,18,19). The van der Waals surface area contributed by atoms with Crippen molar-refractivity contribution >= 4 is 23.2 Å². The summed E-state index contributed by atoms with van der Waals surface area (Å²) in [5.41, 5.74) is 7.23. The number of pyridine rings is 1. The van der Waals surface area contributed by atoms with Gasteiger partial charge in [0, 0.05) is 18.2 Å². The van der Waals surface area contributed by atoms with E-state index in [4.69, 9.17) is 17.3 Å². The number of amides is 1. The second-order valence-corrected chi connectivity index (χ2v) is 5.51. The third kappa shape index (κ3) is 5.57. The SMILES string of the molecule is Cc1cnc(Cl)c(NC(=O)C(C)CCCC(C)N)c1. The first-order chi connectivity index (χ1) is 8.90. The van der Waals surface area contributed by atoms with E-state index in [0.29, 0.717) is 10.8 Å². The number of carbonyl (C=O) groups is 1. The van der Waals surface area contributed by atoms with Crippen LogP contribution >= 0.6 is 11.6 Å². The van der Waals surface area contributed by atoms with Crippen molar-refractivity contribution in [2.75, 3.05) is 5.32 Å². The number of hydrogen-bond donors (Lipinski definition) is 2. The van der Waals surface area contributed by atoms with Crippen molar-refractivity contribution in [2.45, 2.75) is 46.1 Å². The minimum Gasteiger partial charge on any atom is -0.328 e. The second-order valence-electron chi connectivity index (χ2n) is 5.15. The Balaban J connectivity index is 2.51. The quantitative estimate of drug-likeness (QED) is 0.788. The number of anilines is 1. The fraction of sp³-hybridized carbons (Fsp3) is 0.571. The van der Waals surface area contributed by atoms with E-state index in [1.165, 1.54) is 0 Å². The van der Waals surface area contributed by atoms with Gasteiger partial charge in [0.1, 0.15) is 0 Å². The normalized spacial score (nSPS) is 13.9. The molecule has 0 radical (unpaired) electrons. The van der Waals surface area contributed by atoms with Crippen LogP contribution < -0.4 is 11.1 Å². The second kappa shape index (κ2) is 7.46. The summed E-state index contributed by atoms with van der Waals surface area (Å²) in [7, 11) is 0. The van der Waals surface area contributed by atoms with Gasteiger partial charge in [0.05, 0.1) is 5.69 Å². The van der Waals surface area contributed by atoms with Gasteiger partial charge in [-0.2, -0.15) is 0 Å². The number of nitrogens with zero attached hydrogens (tertiary/aromatic N) is 1. The molecule has 1 rings (SSSR count). The number of halogens is 1. The van der Waals surface area contributed by atoms with Gasteiger partial charge in [-0.1, -0.05) is 24.9 Å². The van der Waals surface area contributed by atoms with Gasteiger partial charge < -0.3 is 11.1 Å². The summed E-state index contributed by atoms with van der Waals surface area (Å²) < 4.78 is 0. The minimum absolute atomic E-state index is 0.0287. The number of rotatable bonds is 6. The molecule has 0 fully saturated rings. The molecule has 1 aromatic rings. The monoisotopic (exact) mass is 283 g/mol. The molecule has 0 aliphatic heterocycles. The van der Waals surface area contributed by atoms with Gasteiger partial charge >= 0.3 is 0 Å². The molecule has 5 heteroatoms.